The third kappa shape index (κ3) is 5.73. The van der Waals surface area contributed by atoms with Crippen LogP contribution in [0.5, 0.6) is 5.75 Å². The molecule has 7 heteroatoms. The van der Waals surface area contributed by atoms with Crippen LogP contribution in [-0.2, 0) is 16.0 Å². The van der Waals surface area contributed by atoms with Crippen molar-refractivity contribution in [3.05, 3.63) is 94.4 Å². The topological polar surface area (TPSA) is 58.6 Å². The highest BCUT2D eigenvalue weighted by atomic mass is 32.2. The van der Waals surface area contributed by atoms with Crippen molar-refractivity contribution in [2.75, 3.05) is 16.8 Å². The normalized spacial score (nSPS) is 14.5. The summed E-state index contributed by atoms with van der Waals surface area (Å²) in [4.78, 5) is 27.3. The fourth-order valence-electron chi connectivity index (χ4n) is 3.40. The van der Waals surface area contributed by atoms with Gasteiger partial charge in [-0.25, -0.2) is 0 Å². The SMILES string of the molecule is CCc1ccc(NC(=O)COc2cccc(/C=C3\SC(=S)N(c4ccc(C)cc4)C3=O)c2)cc1. The molecule has 5 nitrogen and oxygen atoms in total. The Kier molecular flexibility index (Phi) is 7.45. The molecule has 0 radical (unpaired) electrons. The first-order valence-corrected chi connectivity index (χ1v) is 12.1. The highest BCUT2D eigenvalue weighted by molar-refractivity contribution is 8.27. The van der Waals surface area contributed by atoms with E-state index in [1.54, 1.807) is 23.1 Å². The Hall–Kier alpha value is -3.42. The number of amides is 2. The third-order valence-corrected chi connectivity index (χ3v) is 6.56. The predicted molar refractivity (Wildman–Crippen MR) is 143 cm³/mol. The summed E-state index contributed by atoms with van der Waals surface area (Å²) < 4.78 is 6.17. The van der Waals surface area contributed by atoms with Gasteiger partial charge in [0.1, 0.15) is 5.75 Å². The number of rotatable bonds is 7. The van der Waals surface area contributed by atoms with Gasteiger partial charge < -0.3 is 10.1 Å². The van der Waals surface area contributed by atoms with E-state index >= 15 is 0 Å². The van der Waals surface area contributed by atoms with E-state index in [1.807, 2.05) is 67.6 Å². The van der Waals surface area contributed by atoms with Crippen molar-refractivity contribution < 1.29 is 14.3 Å². The summed E-state index contributed by atoms with van der Waals surface area (Å²) in [5.74, 6) is 0.145. The Bertz CT molecular complexity index is 1250. The van der Waals surface area contributed by atoms with Gasteiger partial charge in [-0.2, -0.15) is 0 Å². The van der Waals surface area contributed by atoms with Crippen molar-refractivity contribution in [2.45, 2.75) is 20.3 Å². The monoisotopic (exact) mass is 488 g/mol. The number of carbonyl (C=O) groups is 2. The van der Waals surface area contributed by atoms with Gasteiger partial charge >= 0.3 is 0 Å². The molecule has 3 aromatic rings. The van der Waals surface area contributed by atoms with Gasteiger partial charge in [0.25, 0.3) is 11.8 Å². The molecular weight excluding hydrogens is 464 g/mol. The van der Waals surface area contributed by atoms with Gasteiger partial charge in [-0.3, -0.25) is 14.5 Å². The first kappa shape index (κ1) is 23.7. The van der Waals surface area contributed by atoms with Crippen LogP contribution in [0.1, 0.15) is 23.6 Å². The smallest absolute Gasteiger partial charge is 0.270 e. The zero-order valence-corrected chi connectivity index (χ0v) is 20.5. The quantitative estimate of drug-likeness (QED) is 0.327. The number of carbonyl (C=O) groups excluding carboxylic acids is 2. The van der Waals surface area contributed by atoms with Gasteiger partial charge in [-0.05, 0) is 66.9 Å². The Morgan fingerprint density at radius 1 is 1.09 bits per heavy atom. The molecule has 0 aliphatic carbocycles. The summed E-state index contributed by atoms with van der Waals surface area (Å²) in [5, 5.41) is 2.83. The van der Waals surface area contributed by atoms with Gasteiger partial charge in [-0.15, -0.1) is 0 Å². The minimum atomic E-state index is -0.242. The molecule has 1 aliphatic heterocycles. The molecule has 2 amide bonds. The second kappa shape index (κ2) is 10.7. The second-order valence-electron chi connectivity index (χ2n) is 7.81. The zero-order chi connectivity index (χ0) is 24.1. The van der Waals surface area contributed by atoms with Crippen LogP contribution in [0.15, 0.2) is 77.7 Å². The van der Waals surface area contributed by atoms with Gasteiger partial charge in [0.15, 0.2) is 10.9 Å². The summed E-state index contributed by atoms with van der Waals surface area (Å²) >= 11 is 6.71. The van der Waals surface area contributed by atoms with Crippen molar-refractivity contribution in [1.82, 2.24) is 0 Å². The van der Waals surface area contributed by atoms with Gasteiger partial charge in [-0.1, -0.05) is 72.9 Å². The predicted octanol–water partition coefficient (Wildman–Crippen LogP) is 5.98. The number of ether oxygens (including phenoxy) is 1. The van der Waals surface area contributed by atoms with Crippen LogP contribution in [0, 0.1) is 6.92 Å². The maximum Gasteiger partial charge on any atom is 0.270 e. The largest absolute Gasteiger partial charge is 0.484 e. The third-order valence-electron chi connectivity index (χ3n) is 5.26. The number of anilines is 2. The van der Waals surface area contributed by atoms with E-state index in [4.69, 9.17) is 17.0 Å². The van der Waals surface area contributed by atoms with Gasteiger partial charge in [0.05, 0.1) is 10.6 Å². The Morgan fingerprint density at radius 2 is 1.82 bits per heavy atom. The fourth-order valence-corrected chi connectivity index (χ4v) is 4.70. The van der Waals surface area contributed by atoms with E-state index in [0.717, 1.165) is 28.9 Å². The van der Waals surface area contributed by atoms with E-state index in [1.165, 1.54) is 17.3 Å². The molecule has 0 bridgehead atoms. The molecule has 1 aliphatic rings. The molecule has 0 atom stereocenters. The van der Waals surface area contributed by atoms with Crippen molar-refractivity contribution in [3.8, 4) is 5.75 Å². The van der Waals surface area contributed by atoms with Crippen LogP contribution in [0.2, 0.25) is 0 Å². The lowest BCUT2D eigenvalue weighted by atomic mass is 10.1. The minimum absolute atomic E-state index is 0.117. The van der Waals surface area contributed by atoms with E-state index in [0.29, 0.717) is 15.0 Å². The molecule has 1 fully saturated rings. The number of nitrogens with one attached hydrogen (secondary N) is 1. The zero-order valence-electron chi connectivity index (χ0n) is 18.9. The highest BCUT2D eigenvalue weighted by Crippen LogP contribution is 2.36. The molecule has 172 valence electrons. The summed E-state index contributed by atoms with van der Waals surface area (Å²) in [6, 6.07) is 22.7. The summed E-state index contributed by atoms with van der Waals surface area (Å²) in [6.07, 6.45) is 2.74. The molecule has 1 N–H and O–H groups in total. The number of thioether (sulfide) groups is 1. The molecule has 0 unspecified atom stereocenters. The van der Waals surface area contributed by atoms with E-state index < -0.39 is 0 Å². The lowest BCUT2D eigenvalue weighted by Crippen LogP contribution is -2.27. The van der Waals surface area contributed by atoms with Crippen molar-refractivity contribution >= 4 is 57.6 Å². The average Bonchev–Trinajstić information content (AvgIpc) is 3.11. The number of benzene rings is 3. The molecule has 0 saturated carbocycles. The summed E-state index contributed by atoms with van der Waals surface area (Å²) in [7, 11) is 0. The van der Waals surface area contributed by atoms with Gasteiger partial charge in [0, 0.05) is 5.69 Å². The van der Waals surface area contributed by atoms with Crippen molar-refractivity contribution in [3.63, 3.8) is 0 Å². The molecule has 0 aromatic heterocycles. The van der Waals surface area contributed by atoms with Crippen LogP contribution in [0.25, 0.3) is 6.08 Å². The molecule has 1 heterocycles. The van der Waals surface area contributed by atoms with Crippen LogP contribution >= 0.6 is 24.0 Å². The van der Waals surface area contributed by atoms with Crippen LogP contribution < -0.4 is 15.0 Å². The van der Waals surface area contributed by atoms with Crippen LogP contribution in [0.3, 0.4) is 0 Å². The first-order valence-electron chi connectivity index (χ1n) is 10.9. The van der Waals surface area contributed by atoms with Crippen LogP contribution in [-0.4, -0.2) is 22.7 Å². The second-order valence-corrected chi connectivity index (χ2v) is 9.49. The first-order chi connectivity index (χ1) is 16.4. The van der Waals surface area contributed by atoms with Crippen LogP contribution in [0.4, 0.5) is 11.4 Å². The molecular formula is C27H24N2O3S2. The van der Waals surface area contributed by atoms with Gasteiger partial charge in [0.2, 0.25) is 0 Å². The van der Waals surface area contributed by atoms with Crippen molar-refractivity contribution in [1.29, 1.82) is 0 Å². The number of hydrogen-bond acceptors (Lipinski definition) is 5. The van der Waals surface area contributed by atoms with E-state index in [-0.39, 0.29) is 18.4 Å². The number of hydrogen-bond donors (Lipinski definition) is 1. The Balaban J connectivity index is 1.40. The van der Waals surface area contributed by atoms with Crippen molar-refractivity contribution in [2.24, 2.45) is 0 Å². The van der Waals surface area contributed by atoms with E-state index in [2.05, 4.69) is 12.2 Å². The molecule has 0 spiro atoms. The molecule has 4 rings (SSSR count). The molecule has 34 heavy (non-hydrogen) atoms. The minimum Gasteiger partial charge on any atom is -0.484 e. The lowest BCUT2D eigenvalue weighted by molar-refractivity contribution is -0.118. The average molecular weight is 489 g/mol. The molecule has 1 saturated heterocycles. The highest BCUT2D eigenvalue weighted by Gasteiger charge is 2.33. The Labute approximate surface area is 208 Å². The number of aryl methyl sites for hydroxylation is 2. The fraction of sp³-hybridized carbons (Fsp3) is 0.148. The lowest BCUT2D eigenvalue weighted by Gasteiger charge is -2.14. The molecule has 3 aromatic carbocycles. The maximum atomic E-state index is 13.0. The standard InChI is InChI=1S/C27H24N2O3S2/c1-3-19-9-11-21(12-10-19)28-25(30)17-32-23-6-4-5-20(15-23)16-24-26(31)29(27(33)34-24)22-13-7-18(2)8-14-22/h4-16H,3,17H2,1-2H3,(H,28,30)/b24-16-. The number of nitrogens with zero attached hydrogens (tertiary/aromatic N) is 1. The maximum absolute atomic E-state index is 13.0. The van der Waals surface area contributed by atoms with E-state index in [9.17, 15) is 9.59 Å². The summed E-state index contributed by atoms with van der Waals surface area (Å²) in [6.45, 7) is 3.96. The summed E-state index contributed by atoms with van der Waals surface area (Å²) in [5.41, 5.74) is 4.60. The Morgan fingerprint density at radius 3 is 2.53 bits per heavy atom. The number of thiocarbonyl (C=S) groups is 1.